The number of nitrogens with zero attached hydrogens (tertiary/aromatic N) is 4. The number of aromatic nitrogens is 4. The number of halogens is 3. The molecule has 29 heavy (non-hydrogen) atoms. The normalized spacial score (nSPS) is 25.0. The molecule has 2 fully saturated rings. The summed E-state index contributed by atoms with van der Waals surface area (Å²) in [5, 5.41) is 1.87. The van der Waals surface area contributed by atoms with E-state index in [0.717, 1.165) is 26.1 Å². The summed E-state index contributed by atoms with van der Waals surface area (Å²) in [6, 6.07) is -0.0561. The molecule has 1 saturated heterocycles. The van der Waals surface area contributed by atoms with Gasteiger partial charge in [0.25, 0.3) is 0 Å². The monoisotopic (exact) mass is 516 g/mol. The van der Waals surface area contributed by atoms with Crippen molar-refractivity contribution in [2.75, 3.05) is 9.44 Å². The maximum atomic E-state index is 13.6. The summed E-state index contributed by atoms with van der Waals surface area (Å²) in [7, 11) is 0. The quantitative estimate of drug-likeness (QED) is 0.371. The Labute approximate surface area is 174 Å². The van der Waals surface area contributed by atoms with Crippen LogP contribution < -0.4 is 16.0 Å². The van der Waals surface area contributed by atoms with Crippen molar-refractivity contribution < 1.29 is 8.78 Å². The average Bonchev–Trinajstić information content (AvgIpc) is 3.07. The van der Waals surface area contributed by atoms with Crippen LogP contribution in [0.1, 0.15) is 53.0 Å². The summed E-state index contributed by atoms with van der Waals surface area (Å²) in [5.74, 6) is -1.10. The van der Waals surface area contributed by atoms with Crippen LogP contribution >= 0.6 is 19.8 Å². The van der Waals surface area contributed by atoms with Gasteiger partial charge in [-0.25, -0.2) is 0 Å². The van der Waals surface area contributed by atoms with Crippen LogP contribution in [-0.2, 0) is 6.54 Å². The topological polar surface area (TPSA) is 86.8 Å². The number of aryl methyl sites for hydroxylation is 1. The van der Waals surface area contributed by atoms with Crippen LogP contribution in [0.2, 0.25) is 0 Å². The van der Waals surface area contributed by atoms with Crippen LogP contribution in [0.3, 0.4) is 0 Å². The molecule has 156 valence electrons. The molecule has 10 heteroatoms. The summed E-state index contributed by atoms with van der Waals surface area (Å²) < 4.78 is 29.3. The van der Waals surface area contributed by atoms with Gasteiger partial charge in [-0.1, -0.05) is 0 Å². The van der Waals surface area contributed by atoms with Gasteiger partial charge in [-0.2, -0.15) is 0 Å². The van der Waals surface area contributed by atoms with Crippen molar-refractivity contribution in [3.8, 4) is 0 Å². The molecule has 2 aliphatic heterocycles. The fraction of sp³-hybridized carbons (Fsp3) is 0.579. The molecule has 2 N–H and O–H groups in total. The van der Waals surface area contributed by atoms with Gasteiger partial charge in [-0.3, -0.25) is 0 Å². The number of H-pyrrole nitrogens is 1. The van der Waals surface area contributed by atoms with E-state index in [1.807, 2.05) is 24.3 Å². The number of aromatic amines is 1. The van der Waals surface area contributed by atoms with Crippen LogP contribution in [-0.4, -0.2) is 36.3 Å². The van der Waals surface area contributed by atoms with Gasteiger partial charge >= 0.3 is 174 Å². The van der Waals surface area contributed by atoms with E-state index < -0.39 is 25.7 Å². The second kappa shape index (κ2) is 7.22. The Hall–Kier alpha value is -1.69. The first-order chi connectivity index (χ1) is 13.9. The second-order valence-electron chi connectivity index (χ2n) is 7.91. The molecular formula is C19H23F2IN6O. The van der Waals surface area contributed by atoms with Gasteiger partial charge in [0.2, 0.25) is 0 Å². The number of fused-ring (bicyclic) bond motifs is 1. The zero-order valence-corrected chi connectivity index (χ0v) is 18.2. The first-order valence-corrected chi connectivity index (χ1v) is 13.7. The number of rotatable bonds is 3. The Morgan fingerprint density at radius 2 is 1.93 bits per heavy atom. The number of nitrogens with one attached hydrogen (secondary N) is 2. The Balaban J connectivity index is 1.41. The molecule has 1 aliphatic carbocycles. The van der Waals surface area contributed by atoms with E-state index in [1.165, 1.54) is 0 Å². The molecule has 0 aromatic carbocycles. The van der Waals surface area contributed by atoms with Crippen molar-refractivity contribution in [2.24, 2.45) is 0 Å². The summed E-state index contributed by atoms with van der Waals surface area (Å²) in [6.45, 7) is 2.35. The molecule has 7 nitrogen and oxygen atoms in total. The number of hydrogen-bond donors (Lipinski definition) is 2. The van der Waals surface area contributed by atoms with Crippen LogP contribution in [0.5, 0.6) is 0 Å². The molecule has 0 bridgehead atoms. The third-order valence-corrected chi connectivity index (χ3v) is 12.5. The van der Waals surface area contributed by atoms with Gasteiger partial charge in [0, 0.05) is 0 Å². The van der Waals surface area contributed by atoms with E-state index in [1.54, 1.807) is 0 Å². The van der Waals surface area contributed by atoms with Crippen molar-refractivity contribution in [1.82, 2.24) is 25.4 Å². The summed E-state index contributed by atoms with van der Waals surface area (Å²) >= 11 is -1.74. The summed E-state index contributed by atoms with van der Waals surface area (Å²) in [4.78, 5) is 29.6. The third kappa shape index (κ3) is 3.54. The first-order valence-electron chi connectivity index (χ1n) is 9.88. The second-order valence-corrected chi connectivity index (χ2v) is 13.8. The molecule has 0 spiro atoms. The molecule has 0 unspecified atom stereocenters. The van der Waals surface area contributed by atoms with Crippen LogP contribution in [0, 0.1) is 10.8 Å². The molecule has 0 amide bonds. The van der Waals surface area contributed by atoms with Crippen molar-refractivity contribution in [2.45, 2.75) is 61.5 Å². The van der Waals surface area contributed by atoms with Crippen molar-refractivity contribution in [3.05, 3.63) is 43.5 Å². The molecular weight excluding hydrogens is 493 g/mol. The summed E-state index contributed by atoms with van der Waals surface area (Å²) in [5.41, 5.74) is 4.72. The zero-order valence-electron chi connectivity index (χ0n) is 16.1. The van der Waals surface area contributed by atoms with E-state index in [0.29, 0.717) is 30.8 Å². The van der Waals surface area contributed by atoms with E-state index in [4.69, 9.17) is 4.98 Å². The van der Waals surface area contributed by atoms with Gasteiger partial charge in [0.05, 0.1) is 0 Å². The molecule has 4 heterocycles. The van der Waals surface area contributed by atoms with Crippen molar-refractivity contribution >= 4 is 25.6 Å². The standard InChI is InChI=1S/C19H23F2IN6O/c1-11-8-23-15(24-9-11)14-4-7-22(14)18-26-16-13(17(29)27-18)10-25-28(16)12-2-5-19(20,21)6-3-12/h8-9,12,14,25H,2-7,10H2,1H3,(H,26,27,29)/t14-/m1/s1. The Morgan fingerprint density at radius 3 is 2.59 bits per heavy atom. The predicted octanol–water partition coefficient (Wildman–Crippen LogP) is 3.09. The molecule has 2 aromatic heterocycles. The predicted molar refractivity (Wildman–Crippen MR) is 113 cm³/mol. The number of anilines is 1. The fourth-order valence-corrected chi connectivity index (χ4v) is 9.32. The Morgan fingerprint density at radius 1 is 1.21 bits per heavy atom. The van der Waals surface area contributed by atoms with Crippen molar-refractivity contribution in [1.29, 1.82) is 0 Å². The van der Waals surface area contributed by atoms with E-state index in [9.17, 15) is 13.6 Å². The number of alkyl halides is 4. The minimum absolute atomic E-state index is 0.0561. The number of hydrogen-bond acceptors (Lipinski definition) is 6. The zero-order chi connectivity index (χ0) is 20.2. The van der Waals surface area contributed by atoms with Crippen LogP contribution in [0.4, 0.5) is 14.6 Å². The number of hydrazine groups is 1. The SMILES string of the molecule is Cc1cnc([C@H]2CCI2c2nc3c(c(=O)[nH]2)CNN3C2CCC(F)(F)CC2)nc1. The molecule has 0 radical (unpaired) electrons. The van der Waals surface area contributed by atoms with E-state index in [2.05, 4.69) is 20.4 Å². The van der Waals surface area contributed by atoms with Gasteiger partial charge in [0.1, 0.15) is 0 Å². The third-order valence-electron chi connectivity index (χ3n) is 5.87. The molecule has 2 aromatic rings. The fourth-order valence-electron chi connectivity index (χ4n) is 4.11. The molecule has 1 saturated carbocycles. The molecule has 3 aliphatic rings. The summed E-state index contributed by atoms with van der Waals surface area (Å²) in [6.07, 6.45) is 5.24. The van der Waals surface area contributed by atoms with Gasteiger partial charge in [0.15, 0.2) is 0 Å². The van der Waals surface area contributed by atoms with E-state index >= 15 is 0 Å². The van der Waals surface area contributed by atoms with Crippen molar-refractivity contribution in [3.63, 3.8) is 0 Å². The van der Waals surface area contributed by atoms with Gasteiger partial charge in [-0.15, -0.1) is 0 Å². The minimum atomic E-state index is -2.58. The van der Waals surface area contributed by atoms with Gasteiger partial charge in [-0.05, 0) is 0 Å². The Bertz CT molecular complexity index is 972. The van der Waals surface area contributed by atoms with Crippen LogP contribution in [0.15, 0.2) is 17.2 Å². The average molecular weight is 516 g/mol. The molecule has 5 rings (SSSR count). The Kier molecular flexibility index (Phi) is 4.80. The maximum absolute atomic E-state index is 13.6. The van der Waals surface area contributed by atoms with Gasteiger partial charge < -0.3 is 0 Å². The molecule has 1 atom stereocenters. The van der Waals surface area contributed by atoms with E-state index in [-0.39, 0.29) is 28.4 Å². The first kappa shape index (κ1) is 19.3. The van der Waals surface area contributed by atoms with Crippen LogP contribution in [0.25, 0.3) is 0 Å².